The lowest BCUT2D eigenvalue weighted by molar-refractivity contribution is -0.177. The molecule has 1 aliphatic carbocycles. The normalized spacial score (nSPS) is 43.9. The first-order valence-electron chi connectivity index (χ1n) is 12.9. The molecule has 1 amide bonds. The summed E-state index contributed by atoms with van der Waals surface area (Å²) in [6.07, 6.45) is 13.5. The SMILES string of the molecule is C[C@H]1C/C=C\[C@H]2[C@@H]3O[C@]3(C)[C@@H](C)[C@H]3[C@H](Cc4ccccc4)NC(=O)[C@]32OC(=O)/C=C\CCCC1. The van der Waals surface area contributed by atoms with Gasteiger partial charge in [-0.1, -0.05) is 75.2 Å². The number of nitrogens with one attached hydrogen (secondary N) is 1. The van der Waals surface area contributed by atoms with E-state index in [0.717, 1.165) is 37.7 Å². The number of benzene rings is 1. The summed E-state index contributed by atoms with van der Waals surface area (Å²) in [6, 6.07) is 10.1. The van der Waals surface area contributed by atoms with Crippen molar-refractivity contribution >= 4 is 11.9 Å². The van der Waals surface area contributed by atoms with E-state index in [1.54, 1.807) is 0 Å². The van der Waals surface area contributed by atoms with Crippen LogP contribution >= 0.6 is 0 Å². The molecule has 5 rings (SSSR count). The van der Waals surface area contributed by atoms with E-state index in [-0.39, 0.29) is 41.4 Å². The van der Waals surface area contributed by atoms with Gasteiger partial charge >= 0.3 is 5.97 Å². The van der Waals surface area contributed by atoms with Gasteiger partial charge in [-0.2, -0.15) is 0 Å². The number of amides is 1. The molecular weight excluding hydrogens is 426 g/mol. The van der Waals surface area contributed by atoms with Crippen molar-refractivity contribution in [2.24, 2.45) is 23.7 Å². The molecule has 8 atom stereocenters. The predicted molar refractivity (Wildman–Crippen MR) is 131 cm³/mol. The van der Waals surface area contributed by atoms with Crippen LogP contribution in [0.2, 0.25) is 0 Å². The van der Waals surface area contributed by atoms with Crippen molar-refractivity contribution in [3.63, 3.8) is 0 Å². The minimum absolute atomic E-state index is 0.0596. The van der Waals surface area contributed by atoms with E-state index in [0.29, 0.717) is 12.3 Å². The lowest BCUT2D eigenvalue weighted by atomic mass is 9.59. The summed E-state index contributed by atoms with van der Waals surface area (Å²) in [7, 11) is 0. The number of rotatable bonds is 2. The van der Waals surface area contributed by atoms with Crippen LogP contribution in [-0.2, 0) is 25.5 Å². The number of hydrogen-bond donors (Lipinski definition) is 1. The van der Waals surface area contributed by atoms with Gasteiger partial charge in [0.2, 0.25) is 5.60 Å². The van der Waals surface area contributed by atoms with Crippen molar-refractivity contribution in [2.45, 2.75) is 82.6 Å². The van der Waals surface area contributed by atoms with Crippen LogP contribution in [0.25, 0.3) is 0 Å². The molecule has 3 fully saturated rings. The molecule has 1 spiro atoms. The van der Waals surface area contributed by atoms with Crippen LogP contribution in [0.3, 0.4) is 0 Å². The minimum atomic E-state index is -1.26. The van der Waals surface area contributed by atoms with Crippen molar-refractivity contribution in [1.29, 1.82) is 0 Å². The molecule has 1 aromatic carbocycles. The summed E-state index contributed by atoms with van der Waals surface area (Å²) in [4.78, 5) is 26.9. The summed E-state index contributed by atoms with van der Waals surface area (Å²) >= 11 is 0. The van der Waals surface area contributed by atoms with Gasteiger partial charge < -0.3 is 14.8 Å². The molecule has 182 valence electrons. The molecular formula is C29H37NO4. The number of fused-ring (bicyclic) bond motifs is 2. The van der Waals surface area contributed by atoms with Crippen LogP contribution in [0.15, 0.2) is 54.6 Å². The predicted octanol–water partition coefficient (Wildman–Crippen LogP) is 4.76. The lowest BCUT2D eigenvalue weighted by Gasteiger charge is -2.45. The maximum absolute atomic E-state index is 13.8. The maximum atomic E-state index is 13.8. The van der Waals surface area contributed by atoms with Crippen molar-refractivity contribution in [3.05, 3.63) is 60.2 Å². The number of hydrogen-bond acceptors (Lipinski definition) is 4. The third kappa shape index (κ3) is 3.92. The average molecular weight is 464 g/mol. The minimum Gasteiger partial charge on any atom is -0.445 e. The van der Waals surface area contributed by atoms with Crippen LogP contribution in [0, 0.1) is 23.7 Å². The number of esters is 1. The third-order valence-corrected chi connectivity index (χ3v) is 8.77. The fraction of sp³-hybridized carbons (Fsp3) is 0.586. The Morgan fingerprint density at radius 2 is 1.88 bits per heavy atom. The molecule has 1 N–H and O–H groups in total. The standard InChI is InChI=1S/C29H37NO4/c1-19-12-7-4-5-10-17-24(31)33-29-22(16-11-13-19)26-28(3,34-26)20(2)25(29)23(30-27(29)32)18-21-14-8-6-9-15-21/h6,8-11,14-17,19-20,22-23,25-26H,4-5,7,12-13,18H2,1-3H3,(H,30,32)/b16-11-,17-10-/t19-,20+,22+,23+,25+,26+,28-,29-/m1/s1. The van der Waals surface area contributed by atoms with Crippen molar-refractivity contribution in [2.75, 3.05) is 0 Å². The summed E-state index contributed by atoms with van der Waals surface area (Å²) < 4.78 is 12.6. The van der Waals surface area contributed by atoms with Crippen LogP contribution < -0.4 is 5.32 Å². The van der Waals surface area contributed by atoms with E-state index in [1.807, 2.05) is 24.3 Å². The van der Waals surface area contributed by atoms with Crippen LogP contribution in [0.4, 0.5) is 0 Å². The quantitative estimate of drug-likeness (QED) is 0.390. The molecule has 5 nitrogen and oxygen atoms in total. The van der Waals surface area contributed by atoms with Crippen molar-refractivity contribution in [1.82, 2.24) is 5.32 Å². The van der Waals surface area contributed by atoms with Gasteiger partial charge in [-0.25, -0.2) is 4.79 Å². The van der Waals surface area contributed by atoms with Crippen LogP contribution in [0.1, 0.15) is 58.4 Å². The highest BCUT2D eigenvalue weighted by Crippen LogP contribution is 2.63. The van der Waals surface area contributed by atoms with Gasteiger partial charge in [-0.15, -0.1) is 0 Å². The number of ether oxygens (including phenoxy) is 2. The Hall–Kier alpha value is -2.40. The second-order valence-corrected chi connectivity index (χ2v) is 11.0. The molecule has 34 heavy (non-hydrogen) atoms. The number of epoxide rings is 1. The van der Waals surface area contributed by atoms with Gasteiger partial charge in [0.25, 0.3) is 5.91 Å². The first-order valence-corrected chi connectivity index (χ1v) is 12.9. The van der Waals surface area contributed by atoms with Gasteiger partial charge in [0.1, 0.15) is 0 Å². The molecule has 5 heteroatoms. The monoisotopic (exact) mass is 463 g/mol. The van der Waals surface area contributed by atoms with Gasteiger partial charge in [0.15, 0.2) is 0 Å². The fourth-order valence-corrected chi connectivity index (χ4v) is 6.71. The maximum Gasteiger partial charge on any atom is 0.331 e. The zero-order valence-electron chi connectivity index (χ0n) is 20.5. The average Bonchev–Trinajstić information content (AvgIpc) is 3.43. The highest BCUT2D eigenvalue weighted by atomic mass is 16.6. The Kier molecular flexibility index (Phi) is 6.18. The zero-order valence-corrected chi connectivity index (χ0v) is 20.5. The number of allylic oxidation sites excluding steroid dienone is 2. The third-order valence-electron chi connectivity index (χ3n) is 8.77. The Morgan fingerprint density at radius 1 is 1.09 bits per heavy atom. The summed E-state index contributed by atoms with van der Waals surface area (Å²) in [5.74, 6) is -0.451. The van der Waals surface area contributed by atoms with E-state index in [9.17, 15) is 9.59 Å². The van der Waals surface area contributed by atoms with Gasteiger partial charge in [0.05, 0.1) is 17.6 Å². The molecule has 2 saturated heterocycles. The number of carbonyl (C=O) groups is 2. The van der Waals surface area contributed by atoms with E-state index >= 15 is 0 Å². The van der Waals surface area contributed by atoms with Gasteiger partial charge in [0, 0.05) is 18.0 Å². The van der Waals surface area contributed by atoms with Crippen molar-refractivity contribution in [3.8, 4) is 0 Å². The molecule has 3 heterocycles. The van der Waals surface area contributed by atoms with E-state index in [2.05, 4.69) is 50.4 Å². The molecule has 3 aliphatic heterocycles. The molecule has 0 unspecified atom stereocenters. The van der Waals surface area contributed by atoms with E-state index in [1.165, 1.54) is 6.08 Å². The summed E-state index contributed by atoms with van der Waals surface area (Å²) in [6.45, 7) is 6.59. The molecule has 1 aromatic rings. The molecule has 1 saturated carbocycles. The van der Waals surface area contributed by atoms with E-state index < -0.39 is 11.6 Å². The summed E-state index contributed by atoms with van der Waals surface area (Å²) in [5, 5.41) is 3.26. The Balaban J connectivity index is 1.56. The molecule has 0 aromatic heterocycles. The summed E-state index contributed by atoms with van der Waals surface area (Å²) in [5.41, 5.74) is -0.414. The zero-order chi connectivity index (χ0) is 23.9. The molecule has 0 radical (unpaired) electrons. The van der Waals surface area contributed by atoms with Gasteiger partial charge in [-0.05, 0) is 50.0 Å². The second-order valence-electron chi connectivity index (χ2n) is 11.0. The second kappa shape index (κ2) is 8.99. The highest BCUT2D eigenvalue weighted by Gasteiger charge is 2.78. The van der Waals surface area contributed by atoms with Crippen LogP contribution in [0.5, 0.6) is 0 Å². The fourth-order valence-electron chi connectivity index (χ4n) is 6.71. The number of carbonyl (C=O) groups excluding carboxylic acids is 2. The first-order chi connectivity index (χ1) is 16.4. The van der Waals surface area contributed by atoms with Crippen LogP contribution in [-0.4, -0.2) is 35.2 Å². The first kappa shape index (κ1) is 23.3. The highest BCUT2D eigenvalue weighted by molar-refractivity contribution is 5.94. The Bertz CT molecular complexity index is 987. The largest absolute Gasteiger partial charge is 0.445 e. The van der Waals surface area contributed by atoms with E-state index in [4.69, 9.17) is 9.47 Å². The smallest absolute Gasteiger partial charge is 0.331 e. The lowest BCUT2D eigenvalue weighted by Crippen LogP contribution is -2.61. The topological polar surface area (TPSA) is 67.9 Å². The van der Waals surface area contributed by atoms with Gasteiger partial charge in [-0.3, -0.25) is 4.79 Å². The Morgan fingerprint density at radius 3 is 2.68 bits per heavy atom. The Labute approximate surface area is 203 Å². The molecule has 0 bridgehead atoms. The van der Waals surface area contributed by atoms with Crippen molar-refractivity contribution < 1.29 is 19.1 Å². The molecule has 4 aliphatic rings.